The maximum Gasteiger partial charge on any atom is 0.267 e. The third kappa shape index (κ3) is 34.0. The standard InChI is InChI=1S/C25H51FO3S.C2H7N/c1-2-3-4-5-6-7-9-12-15-18-21-24-29-30(27,28)25-22-19-16-13-10-8-11-14-17-20-23-26;1-3-2/h2-25H2,1H3;3H,1-2H3. The lowest BCUT2D eigenvalue weighted by molar-refractivity contribution is 0.305. The van der Waals surface area contributed by atoms with Gasteiger partial charge in [0, 0.05) is 0 Å². The fraction of sp³-hybridized carbons (Fsp3) is 1.00. The van der Waals surface area contributed by atoms with Crippen LogP contribution in [-0.2, 0) is 14.3 Å². The summed E-state index contributed by atoms with van der Waals surface area (Å²) in [5, 5.41) is 2.75. The van der Waals surface area contributed by atoms with Crippen LogP contribution >= 0.6 is 0 Å². The Balaban J connectivity index is 0. The number of hydrogen-bond donors (Lipinski definition) is 1. The van der Waals surface area contributed by atoms with Gasteiger partial charge in [-0.2, -0.15) is 8.42 Å². The van der Waals surface area contributed by atoms with E-state index in [9.17, 15) is 12.8 Å². The van der Waals surface area contributed by atoms with Crippen LogP contribution in [0.25, 0.3) is 0 Å². The number of nitrogens with one attached hydrogen (secondary N) is 1. The Hall–Kier alpha value is -0.200. The van der Waals surface area contributed by atoms with Gasteiger partial charge in [-0.05, 0) is 33.4 Å². The first-order valence-corrected chi connectivity index (χ1v) is 15.6. The van der Waals surface area contributed by atoms with Gasteiger partial charge in [-0.25, -0.2) is 0 Å². The van der Waals surface area contributed by atoms with Crippen LogP contribution in [0.15, 0.2) is 0 Å². The van der Waals surface area contributed by atoms with Gasteiger partial charge in [0.1, 0.15) is 0 Å². The molecule has 0 bridgehead atoms. The Bertz CT molecular complexity index is 447. The Morgan fingerprint density at radius 1 is 0.576 bits per heavy atom. The lowest BCUT2D eigenvalue weighted by Crippen LogP contribution is -2.11. The van der Waals surface area contributed by atoms with Crippen LogP contribution in [0.4, 0.5) is 4.39 Å². The highest BCUT2D eigenvalue weighted by Gasteiger charge is 2.10. The van der Waals surface area contributed by atoms with E-state index in [4.69, 9.17) is 4.18 Å². The van der Waals surface area contributed by atoms with E-state index < -0.39 is 10.1 Å². The molecule has 0 saturated carbocycles. The molecule has 33 heavy (non-hydrogen) atoms. The van der Waals surface area contributed by atoms with Crippen LogP contribution < -0.4 is 5.32 Å². The summed E-state index contributed by atoms with van der Waals surface area (Å²) in [7, 11) is 0.415. The number of rotatable bonds is 25. The molecule has 0 unspecified atom stereocenters. The molecule has 0 heterocycles. The second kappa shape index (κ2) is 29.8. The van der Waals surface area contributed by atoms with Crippen molar-refractivity contribution in [3.8, 4) is 0 Å². The number of hydrogen-bond acceptors (Lipinski definition) is 4. The van der Waals surface area contributed by atoms with E-state index in [2.05, 4.69) is 12.2 Å². The van der Waals surface area contributed by atoms with Gasteiger partial charge in [-0.15, -0.1) is 0 Å². The predicted molar refractivity (Wildman–Crippen MR) is 143 cm³/mol. The molecular weight excluding hydrogens is 437 g/mol. The van der Waals surface area contributed by atoms with Crippen molar-refractivity contribution >= 4 is 10.1 Å². The molecule has 0 radical (unpaired) electrons. The summed E-state index contributed by atoms with van der Waals surface area (Å²) < 4.78 is 41.0. The monoisotopic (exact) mass is 495 g/mol. The Labute approximate surface area is 207 Å². The topological polar surface area (TPSA) is 55.4 Å². The third-order valence-corrected chi connectivity index (χ3v) is 7.10. The Morgan fingerprint density at radius 3 is 1.30 bits per heavy atom. The summed E-state index contributed by atoms with van der Waals surface area (Å²) in [4.78, 5) is 0. The second-order valence-electron chi connectivity index (χ2n) is 9.34. The highest BCUT2D eigenvalue weighted by molar-refractivity contribution is 7.86. The normalized spacial score (nSPS) is 11.4. The number of alkyl halides is 1. The molecule has 0 rings (SSSR count). The first kappa shape index (κ1) is 35.0. The minimum atomic E-state index is -3.33. The molecule has 0 aliphatic carbocycles. The summed E-state index contributed by atoms with van der Waals surface area (Å²) in [5.41, 5.74) is 0. The van der Waals surface area contributed by atoms with Crippen LogP contribution in [0.5, 0.6) is 0 Å². The molecule has 4 nitrogen and oxygen atoms in total. The summed E-state index contributed by atoms with van der Waals surface area (Å²) in [5.74, 6) is 0.161. The average molecular weight is 496 g/mol. The van der Waals surface area contributed by atoms with Gasteiger partial charge in [0.15, 0.2) is 0 Å². The van der Waals surface area contributed by atoms with Crippen LogP contribution in [0.2, 0.25) is 0 Å². The minimum absolute atomic E-state index is 0.161. The molecule has 202 valence electrons. The predicted octanol–water partition coefficient (Wildman–Crippen LogP) is 8.35. The summed E-state index contributed by atoms with van der Waals surface area (Å²) >= 11 is 0. The van der Waals surface area contributed by atoms with Gasteiger partial charge in [0.25, 0.3) is 10.1 Å². The highest BCUT2D eigenvalue weighted by Crippen LogP contribution is 2.13. The van der Waals surface area contributed by atoms with Crippen LogP contribution in [0, 0.1) is 0 Å². The van der Waals surface area contributed by atoms with Gasteiger partial charge in [-0.1, -0.05) is 122 Å². The van der Waals surface area contributed by atoms with Crippen molar-refractivity contribution in [2.45, 2.75) is 142 Å². The minimum Gasteiger partial charge on any atom is -0.323 e. The van der Waals surface area contributed by atoms with Crippen LogP contribution in [0.3, 0.4) is 0 Å². The van der Waals surface area contributed by atoms with E-state index in [1.807, 2.05) is 14.1 Å². The fourth-order valence-corrected chi connectivity index (χ4v) is 4.85. The smallest absolute Gasteiger partial charge is 0.267 e. The molecule has 0 saturated heterocycles. The molecule has 6 heteroatoms. The first-order chi connectivity index (χ1) is 16.0. The largest absolute Gasteiger partial charge is 0.323 e. The molecular formula is C27H58FNO3S. The first-order valence-electron chi connectivity index (χ1n) is 14.1. The third-order valence-electron chi connectivity index (χ3n) is 5.79. The van der Waals surface area contributed by atoms with Crippen molar-refractivity contribution in [1.82, 2.24) is 5.32 Å². The molecule has 0 aliphatic rings. The average Bonchev–Trinajstić information content (AvgIpc) is 2.78. The van der Waals surface area contributed by atoms with Crippen molar-refractivity contribution in [3.05, 3.63) is 0 Å². The zero-order valence-corrected chi connectivity index (χ0v) is 23.3. The van der Waals surface area contributed by atoms with Crippen molar-refractivity contribution in [3.63, 3.8) is 0 Å². The molecule has 0 fully saturated rings. The van der Waals surface area contributed by atoms with Gasteiger partial charge in [-0.3, -0.25) is 8.57 Å². The molecule has 0 aromatic heterocycles. The molecule has 0 aromatic rings. The van der Waals surface area contributed by atoms with Crippen LogP contribution in [0.1, 0.15) is 142 Å². The van der Waals surface area contributed by atoms with E-state index >= 15 is 0 Å². The maximum atomic E-state index is 12.0. The summed E-state index contributed by atoms with van der Waals surface area (Å²) in [6.07, 6.45) is 24.2. The van der Waals surface area contributed by atoms with Crippen LogP contribution in [-0.4, -0.2) is 41.5 Å². The van der Waals surface area contributed by atoms with Gasteiger partial charge in [0.05, 0.1) is 19.0 Å². The lowest BCUT2D eigenvalue weighted by atomic mass is 10.1. The van der Waals surface area contributed by atoms with Gasteiger partial charge in [0.2, 0.25) is 0 Å². The van der Waals surface area contributed by atoms with E-state index in [1.54, 1.807) is 0 Å². The molecule has 1 N–H and O–H groups in total. The van der Waals surface area contributed by atoms with Gasteiger partial charge < -0.3 is 5.32 Å². The Kier molecular flexibility index (Phi) is 31.6. The van der Waals surface area contributed by atoms with Crippen molar-refractivity contribution in [1.29, 1.82) is 0 Å². The van der Waals surface area contributed by atoms with E-state index in [-0.39, 0.29) is 12.4 Å². The second-order valence-corrected chi connectivity index (χ2v) is 11.1. The molecule has 0 amide bonds. The van der Waals surface area contributed by atoms with E-state index in [0.717, 1.165) is 38.5 Å². The van der Waals surface area contributed by atoms with E-state index in [1.165, 1.54) is 83.5 Å². The maximum absolute atomic E-state index is 12.0. The summed E-state index contributed by atoms with van der Waals surface area (Å²) in [6.45, 7) is 2.41. The lowest BCUT2D eigenvalue weighted by Gasteiger charge is -2.06. The SMILES string of the molecule is CCCCCCCCCCCCCOS(=O)(=O)CCCCCCCCCCCCF.CNC. The number of halogens is 1. The zero-order chi connectivity index (χ0) is 24.9. The number of unbranched alkanes of at least 4 members (excludes halogenated alkanes) is 19. The van der Waals surface area contributed by atoms with Gasteiger partial charge >= 0.3 is 0 Å². The quantitative estimate of drug-likeness (QED) is 0.102. The van der Waals surface area contributed by atoms with Crippen molar-refractivity contribution in [2.75, 3.05) is 33.1 Å². The zero-order valence-electron chi connectivity index (χ0n) is 22.5. The molecule has 0 aliphatic heterocycles. The fourth-order valence-electron chi connectivity index (χ4n) is 3.80. The molecule has 0 spiro atoms. The van der Waals surface area contributed by atoms with Crippen molar-refractivity contribution < 1.29 is 17.0 Å². The molecule has 0 atom stereocenters. The van der Waals surface area contributed by atoms with E-state index in [0.29, 0.717) is 19.4 Å². The van der Waals surface area contributed by atoms with Crippen molar-refractivity contribution in [2.24, 2.45) is 0 Å². The highest BCUT2D eigenvalue weighted by atomic mass is 32.2. The Morgan fingerprint density at radius 2 is 0.909 bits per heavy atom. The summed E-state index contributed by atoms with van der Waals surface area (Å²) in [6, 6.07) is 0. The molecule has 0 aromatic carbocycles.